The smallest absolute Gasteiger partial charge is 0.305 e. The van der Waals surface area contributed by atoms with Gasteiger partial charge in [-0.25, -0.2) is 0 Å². The van der Waals surface area contributed by atoms with Crippen molar-refractivity contribution in [3.8, 4) is 0 Å². The molecule has 0 spiro atoms. The van der Waals surface area contributed by atoms with E-state index in [-0.39, 0.29) is 18.5 Å². The van der Waals surface area contributed by atoms with Gasteiger partial charge in [0.2, 0.25) is 0 Å². The lowest BCUT2D eigenvalue weighted by atomic mass is 9.90. The predicted molar refractivity (Wildman–Crippen MR) is 111 cm³/mol. The maximum atomic E-state index is 11.8. The molecule has 3 heteroatoms. The Bertz CT molecular complexity index is 290. The third-order valence-electron chi connectivity index (χ3n) is 5.27. The van der Waals surface area contributed by atoms with Gasteiger partial charge in [-0.05, 0) is 18.8 Å². The summed E-state index contributed by atoms with van der Waals surface area (Å²) in [6, 6.07) is 0. The topological polar surface area (TPSA) is 46.5 Å². The van der Waals surface area contributed by atoms with Crippen molar-refractivity contribution >= 4 is 5.97 Å². The van der Waals surface area contributed by atoms with E-state index in [4.69, 9.17) is 9.84 Å². The molecule has 3 nitrogen and oxygen atoms in total. The van der Waals surface area contributed by atoms with Crippen molar-refractivity contribution in [3.05, 3.63) is 0 Å². The number of ether oxygens (including phenoxy) is 1. The summed E-state index contributed by atoms with van der Waals surface area (Å²) in [7, 11) is 0. The first kappa shape index (κ1) is 25.4. The standard InChI is InChI=1S/C23H46O3/c1-4-6-8-10-12-15-22(16-13-11-9-7-5-2)17-14-18-23(25)26-20-21(3)19-24/h21-22,24H,4-20H2,1-3H3. The molecule has 0 aliphatic carbocycles. The minimum Gasteiger partial charge on any atom is -0.465 e. The molecule has 1 atom stereocenters. The van der Waals surface area contributed by atoms with Crippen LogP contribution in [0.4, 0.5) is 0 Å². The highest BCUT2D eigenvalue weighted by atomic mass is 16.5. The number of hydrogen-bond acceptors (Lipinski definition) is 3. The maximum Gasteiger partial charge on any atom is 0.305 e. The van der Waals surface area contributed by atoms with Gasteiger partial charge in [0.1, 0.15) is 0 Å². The summed E-state index contributed by atoms with van der Waals surface area (Å²) >= 11 is 0. The number of esters is 1. The van der Waals surface area contributed by atoms with Gasteiger partial charge in [0.05, 0.1) is 6.61 Å². The first-order valence-electron chi connectivity index (χ1n) is 11.4. The zero-order valence-corrected chi connectivity index (χ0v) is 17.9. The third kappa shape index (κ3) is 16.9. The molecule has 0 aliphatic rings. The van der Waals surface area contributed by atoms with Crippen LogP contribution in [0.2, 0.25) is 0 Å². The lowest BCUT2D eigenvalue weighted by molar-refractivity contribution is -0.145. The van der Waals surface area contributed by atoms with Crippen molar-refractivity contribution in [2.75, 3.05) is 13.2 Å². The molecule has 0 heterocycles. The Labute approximate surface area is 163 Å². The van der Waals surface area contributed by atoms with Crippen LogP contribution < -0.4 is 0 Å². The fourth-order valence-electron chi connectivity index (χ4n) is 3.40. The van der Waals surface area contributed by atoms with Crippen molar-refractivity contribution in [2.45, 2.75) is 117 Å². The number of carbonyl (C=O) groups excluding carboxylic acids is 1. The number of hydrogen-bond donors (Lipinski definition) is 1. The second-order valence-corrected chi connectivity index (χ2v) is 8.13. The van der Waals surface area contributed by atoms with Crippen LogP contribution in [0.25, 0.3) is 0 Å². The molecule has 0 saturated heterocycles. The minimum absolute atomic E-state index is 0.0398. The molecule has 0 aromatic heterocycles. The Morgan fingerprint density at radius 1 is 0.808 bits per heavy atom. The summed E-state index contributed by atoms with van der Waals surface area (Å²) in [6.07, 6.45) is 18.8. The molecule has 26 heavy (non-hydrogen) atoms. The summed E-state index contributed by atoms with van der Waals surface area (Å²) in [4.78, 5) is 11.8. The van der Waals surface area contributed by atoms with Crippen molar-refractivity contribution in [2.24, 2.45) is 11.8 Å². The van der Waals surface area contributed by atoms with Gasteiger partial charge in [-0.2, -0.15) is 0 Å². The fraction of sp³-hybridized carbons (Fsp3) is 0.957. The van der Waals surface area contributed by atoms with Crippen LogP contribution in [-0.4, -0.2) is 24.3 Å². The van der Waals surface area contributed by atoms with Crippen LogP contribution in [0, 0.1) is 11.8 Å². The second-order valence-electron chi connectivity index (χ2n) is 8.13. The third-order valence-corrected chi connectivity index (χ3v) is 5.27. The molecule has 0 aliphatic heterocycles. The van der Waals surface area contributed by atoms with E-state index < -0.39 is 0 Å². The lowest BCUT2D eigenvalue weighted by Gasteiger charge is -2.17. The average Bonchev–Trinajstić information content (AvgIpc) is 2.65. The number of aliphatic hydroxyl groups is 1. The molecule has 0 aromatic rings. The Morgan fingerprint density at radius 3 is 1.81 bits per heavy atom. The molecule has 0 fully saturated rings. The molecule has 0 saturated carbocycles. The van der Waals surface area contributed by atoms with Crippen LogP contribution in [0.3, 0.4) is 0 Å². The van der Waals surface area contributed by atoms with Crippen LogP contribution in [-0.2, 0) is 9.53 Å². The number of aliphatic hydroxyl groups excluding tert-OH is 1. The van der Waals surface area contributed by atoms with E-state index in [2.05, 4.69) is 13.8 Å². The van der Waals surface area contributed by atoms with Crippen molar-refractivity contribution in [1.82, 2.24) is 0 Å². The first-order valence-corrected chi connectivity index (χ1v) is 11.4. The van der Waals surface area contributed by atoms with Crippen LogP contribution in [0.5, 0.6) is 0 Å². The van der Waals surface area contributed by atoms with Gasteiger partial charge in [0, 0.05) is 18.9 Å². The summed E-state index contributed by atoms with van der Waals surface area (Å²) in [5.41, 5.74) is 0. The Balaban J connectivity index is 3.97. The van der Waals surface area contributed by atoms with Gasteiger partial charge in [0.15, 0.2) is 0 Å². The Kier molecular flexibility index (Phi) is 18.8. The van der Waals surface area contributed by atoms with E-state index in [0.717, 1.165) is 18.8 Å². The summed E-state index contributed by atoms with van der Waals surface area (Å²) in [5, 5.41) is 8.98. The highest BCUT2D eigenvalue weighted by molar-refractivity contribution is 5.69. The maximum absolute atomic E-state index is 11.8. The second kappa shape index (κ2) is 19.2. The zero-order chi connectivity index (χ0) is 19.5. The molecule has 0 rings (SSSR count). The minimum atomic E-state index is -0.102. The Hall–Kier alpha value is -0.570. The van der Waals surface area contributed by atoms with Crippen LogP contribution >= 0.6 is 0 Å². The van der Waals surface area contributed by atoms with E-state index in [1.54, 1.807) is 0 Å². The van der Waals surface area contributed by atoms with Gasteiger partial charge in [-0.3, -0.25) is 4.79 Å². The highest BCUT2D eigenvalue weighted by Gasteiger charge is 2.11. The lowest BCUT2D eigenvalue weighted by Crippen LogP contribution is -2.14. The van der Waals surface area contributed by atoms with Gasteiger partial charge >= 0.3 is 5.97 Å². The largest absolute Gasteiger partial charge is 0.465 e. The van der Waals surface area contributed by atoms with E-state index in [0.29, 0.717) is 13.0 Å². The van der Waals surface area contributed by atoms with Gasteiger partial charge in [0.25, 0.3) is 0 Å². The Morgan fingerprint density at radius 2 is 1.31 bits per heavy atom. The summed E-state index contributed by atoms with van der Waals surface area (Å²) < 4.78 is 5.23. The van der Waals surface area contributed by atoms with Gasteiger partial charge in [-0.15, -0.1) is 0 Å². The number of carbonyl (C=O) groups is 1. The number of rotatable bonds is 19. The normalized spacial score (nSPS) is 12.5. The average molecular weight is 371 g/mol. The van der Waals surface area contributed by atoms with Crippen molar-refractivity contribution < 1.29 is 14.6 Å². The fourth-order valence-corrected chi connectivity index (χ4v) is 3.40. The first-order chi connectivity index (χ1) is 12.6. The summed E-state index contributed by atoms with van der Waals surface area (Å²) in [5.74, 6) is 0.718. The molecule has 0 radical (unpaired) electrons. The summed E-state index contributed by atoms with van der Waals surface area (Å²) in [6.45, 7) is 6.83. The molecule has 0 amide bonds. The SMILES string of the molecule is CCCCCCCC(CCCCCCC)CCCC(=O)OCC(C)CO. The molecule has 1 unspecified atom stereocenters. The molecular weight excluding hydrogens is 324 g/mol. The quantitative estimate of drug-likeness (QED) is 0.204. The van der Waals surface area contributed by atoms with E-state index in [9.17, 15) is 4.79 Å². The number of unbranched alkanes of at least 4 members (excludes halogenated alkanes) is 8. The van der Waals surface area contributed by atoms with Crippen molar-refractivity contribution in [3.63, 3.8) is 0 Å². The highest BCUT2D eigenvalue weighted by Crippen LogP contribution is 2.24. The molecule has 0 aromatic carbocycles. The molecule has 1 N–H and O–H groups in total. The van der Waals surface area contributed by atoms with E-state index in [1.165, 1.54) is 77.0 Å². The molecule has 0 bridgehead atoms. The monoisotopic (exact) mass is 370 g/mol. The van der Waals surface area contributed by atoms with Gasteiger partial charge in [-0.1, -0.05) is 97.8 Å². The van der Waals surface area contributed by atoms with Crippen LogP contribution in [0.1, 0.15) is 117 Å². The predicted octanol–water partition coefficient (Wildman–Crippen LogP) is 6.67. The van der Waals surface area contributed by atoms with Crippen LogP contribution in [0.15, 0.2) is 0 Å². The van der Waals surface area contributed by atoms with E-state index in [1.807, 2.05) is 6.92 Å². The zero-order valence-electron chi connectivity index (χ0n) is 17.9. The van der Waals surface area contributed by atoms with Crippen molar-refractivity contribution in [1.29, 1.82) is 0 Å². The molecule has 156 valence electrons. The van der Waals surface area contributed by atoms with E-state index >= 15 is 0 Å². The van der Waals surface area contributed by atoms with Gasteiger partial charge < -0.3 is 9.84 Å². The molecular formula is C23H46O3.